The van der Waals surface area contributed by atoms with Gasteiger partial charge in [-0.25, -0.2) is 4.79 Å². The molecule has 0 aromatic heterocycles. The Labute approximate surface area is 123 Å². The first-order valence-electron chi connectivity index (χ1n) is 8.06. The zero-order chi connectivity index (χ0) is 14.8. The first kappa shape index (κ1) is 15.6. The van der Waals surface area contributed by atoms with Gasteiger partial charge in [-0.1, -0.05) is 13.3 Å². The lowest BCUT2D eigenvalue weighted by atomic mass is 9.81. The van der Waals surface area contributed by atoms with Crippen LogP contribution in [0.2, 0.25) is 0 Å². The van der Waals surface area contributed by atoms with Gasteiger partial charge in [-0.05, 0) is 58.3 Å². The smallest absolute Gasteiger partial charge is 0.407 e. The highest BCUT2D eigenvalue weighted by Crippen LogP contribution is 2.31. The maximum atomic E-state index is 11.7. The van der Waals surface area contributed by atoms with E-state index in [-0.39, 0.29) is 6.09 Å². The molecule has 4 nitrogen and oxygen atoms in total. The van der Waals surface area contributed by atoms with Crippen molar-refractivity contribution >= 4 is 6.09 Å². The first-order chi connectivity index (χ1) is 9.33. The molecule has 2 N–H and O–H groups in total. The van der Waals surface area contributed by atoms with Gasteiger partial charge in [-0.15, -0.1) is 0 Å². The Morgan fingerprint density at radius 3 is 2.55 bits per heavy atom. The van der Waals surface area contributed by atoms with E-state index in [2.05, 4.69) is 17.6 Å². The third kappa shape index (κ3) is 4.65. The van der Waals surface area contributed by atoms with Crippen molar-refractivity contribution in [3.63, 3.8) is 0 Å². The summed E-state index contributed by atoms with van der Waals surface area (Å²) in [6.07, 6.45) is 6.04. The highest BCUT2D eigenvalue weighted by Gasteiger charge is 2.33. The summed E-state index contributed by atoms with van der Waals surface area (Å²) in [5, 5.41) is 6.70. The lowest BCUT2D eigenvalue weighted by Crippen LogP contribution is -2.49. The maximum absolute atomic E-state index is 11.7. The van der Waals surface area contributed by atoms with Gasteiger partial charge in [0.1, 0.15) is 5.60 Å². The minimum atomic E-state index is -0.417. The van der Waals surface area contributed by atoms with Crippen LogP contribution >= 0.6 is 0 Å². The first-order valence-corrected chi connectivity index (χ1v) is 8.06. The normalized spacial score (nSPS) is 33.6. The molecule has 2 saturated carbocycles. The van der Waals surface area contributed by atoms with Crippen LogP contribution in [0.15, 0.2) is 0 Å². The Balaban J connectivity index is 1.70. The number of hydrogen-bond acceptors (Lipinski definition) is 3. The van der Waals surface area contributed by atoms with Crippen molar-refractivity contribution in [2.24, 2.45) is 11.8 Å². The zero-order valence-electron chi connectivity index (χ0n) is 13.4. The Bertz CT molecular complexity index is 332. The number of amides is 1. The van der Waals surface area contributed by atoms with Crippen LogP contribution in [0.25, 0.3) is 0 Å². The summed E-state index contributed by atoms with van der Waals surface area (Å²) in [6, 6.07) is 1.28. The molecule has 20 heavy (non-hydrogen) atoms. The number of ether oxygens (including phenoxy) is 1. The number of carbonyl (C=O) groups is 1. The molecule has 116 valence electrons. The molecule has 0 radical (unpaired) electrons. The van der Waals surface area contributed by atoms with E-state index in [1.807, 2.05) is 20.8 Å². The summed E-state index contributed by atoms with van der Waals surface area (Å²) < 4.78 is 5.29. The standard InChI is InChI=1S/C16H30N2O2/c1-11-8-13(9-11)18-14-7-5-6-12(14)10-17-15(19)20-16(2,3)4/h11-14,18H,5-10H2,1-4H3,(H,17,19). The van der Waals surface area contributed by atoms with Crippen LogP contribution in [-0.4, -0.2) is 30.3 Å². The average molecular weight is 282 g/mol. The highest BCUT2D eigenvalue weighted by molar-refractivity contribution is 5.67. The molecular weight excluding hydrogens is 252 g/mol. The number of carbonyl (C=O) groups excluding carboxylic acids is 1. The van der Waals surface area contributed by atoms with Crippen LogP contribution in [-0.2, 0) is 4.74 Å². The predicted octanol–water partition coefficient (Wildman–Crippen LogP) is 3.07. The van der Waals surface area contributed by atoms with Crippen molar-refractivity contribution in [2.45, 2.75) is 77.5 Å². The largest absolute Gasteiger partial charge is 0.444 e. The third-order valence-corrected chi connectivity index (χ3v) is 4.39. The fourth-order valence-electron chi connectivity index (χ4n) is 3.37. The van der Waals surface area contributed by atoms with Gasteiger partial charge in [0.05, 0.1) is 0 Å². The second kappa shape index (κ2) is 6.33. The summed E-state index contributed by atoms with van der Waals surface area (Å²) in [5.41, 5.74) is -0.417. The summed E-state index contributed by atoms with van der Waals surface area (Å²) in [4.78, 5) is 11.7. The highest BCUT2D eigenvalue weighted by atomic mass is 16.6. The second-order valence-electron chi connectivity index (χ2n) is 7.62. The second-order valence-corrected chi connectivity index (χ2v) is 7.62. The van der Waals surface area contributed by atoms with Gasteiger partial charge in [-0.2, -0.15) is 0 Å². The predicted molar refractivity (Wildman–Crippen MR) is 80.7 cm³/mol. The van der Waals surface area contributed by atoms with Crippen molar-refractivity contribution < 1.29 is 9.53 Å². The fraction of sp³-hybridized carbons (Fsp3) is 0.938. The lowest BCUT2D eigenvalue weighted by Gasteiger charge is -2.37. The molecule has 0 aromatic rings. The van der Waals surface area contributed by atoms with E-state index in [9.17, 15) is 4.79 Å². The maximum Gasteiger partial charge on any atom is 0.407 e. The van der Waals surface area contributed by atoms with Crippen LogP contribution in [0.1, 0.15) is 59.8 Å². The molecule has 0 spiro atoms. The molecule has 2 aliphatic carbocycles. The summed E-state index contributed by atoms with van der Waals surface area (Å²) in [5.74, 6) is 1.44. The van der Waals surface area contributed by atoms with E-state index < -0.39 is 5.60 Å². The minimum absolute atomic E-state index is 0.291. The van der Waals surface area contributed by atoms with Gasteiger partial charge in [0.2, 0.25) is 0 Å². The van der Waals surface area contributed by atoms with Crippen molar-refractivity contribution in [1.82, 2.24) is 10.6 Å². The Morgan fingerprint density at radius 2 is 1.95 bits per heavy atom. The molecule has 0 saturated heterocycles. The van der Waals surface area contributed by atoms with Gasteiger partial charge < -0.3 is 15.4 Å². The molecule has 2 aliphatic rings. The van der Waals surface area contributed by atoms with Crippen LogP contribution < -0.4 is 10.6 Å². The molecule has 0 aliphatic heterocycles. The van der Waals surface area contributed by atoms with E-state index in [0.29, 0.717) is 18.0 Å². The molecule has 2 atom stereocenters. The quantitative estimate of drug-likeness (QED) is 0.833. The molecule has 0 aromatic carbocycles. The van der Waals surface area contributed by atoms with Gasteiger partial charge >= 0.3 is 6.09 Å². The summed E-state index contributed by atoms with van der Waals surface area (Å²) >= 11 is 0. The fourth-order valence-corrected chi connectivity index (χ4v) is 3.37. The number of rotatable bonds is 4. The van der Waals surface area contributed by atoms with E-state index in [4.69, 9.17) is 4.74 Å². The molecule has 2 rings (SSSR count). The van der Waals surface area contributed by atoms with E-state index >= 15 is 0 Å². The topological polar surface area (TPSA) is 50.4 Å². The van der Waals surface area contributed by atoms with Crippen LogP contribution in [0, 0.1) is 11.8 Å². The molecular formula is C16H30N2O2. The van der Waals surface area contributed by atoms with Gasteiger partial charge in [0.15, 0.2) is 0 Å². The molecule has 0 bridgehead atoms. The van der Waals surface area contributed by atoms with Crippen LogP contribution in [0.4, 0.5) is 4.79 Å². The monoisotopic (exact) mass is 282 g/mol. The van der Waals surface area contributed by atoms with Crippen LogP contribution in [0.3, 0.4) is 0 Å². The van der Waals surface area contributed by atoms with Crippen molar-refractivity contribution in [2.75, 3.05) is 6.54 Å². The Hall–Kier alpha value is -0.770. The van der Waals surface area contributed by atoms with E-state index in [1.54, 1.807) is 0 Å². The van der Waals surface area contributed by atoms with Gasteiger partial charge in [0.25, 0.3) is 0 Å². The Morgan fingerprint density at radius 1 is 1.25 bits per heavy atom. The van der Waals surface area contributed by atoms with Crippen molar-refractivity contribution in [1.29, 1.82) is 0 Å². The SMILES string of the molecule is CC1CC(NC2CCCC2CNC(=O)OC(C)(C)C)C1. The van der Waals surface area contributed by atoms with Crippen molar-refractivity contribution in [3.05, 3.63) is 0 Å². The van der Waals surface area contributed by atoms with E-state index in [1.165, 1.54) is 32.1 Å². The number of alkyl carbamates (subject to hydrolysis) is 1. The average Bonchev–Trinajstić information content (AvgIpc) is 2.69. The summed E-state index contributed by atoms with van der Waals surface area (Å²) in [6.45, 7) is 8.72. The molecule has 2 fully saturated rings. The van der Waals surface area contributed by atoms with Crippen LogP contribution in [0.5, 0.6) is 0 Å². The number of hydrogen-bond donors (Lipinski definition) is 2. The molecule has 2 unspecified atom stereocenters. The zero-order valence-corrected chi connectivity index (χ0v) is 13.4. The minimum Gasteiger partial charge on any atom is -0.444 e. The Kier molecular flexibility index (Phi) is 4.95. The van der Waals surface area contributed by atoms with Gasteiger partial charge in [-0.3, -0.25) is 0 Å². The summed E-state index contributed by atoms with van der Waals surface area (Å²) in [7, 11) is 0. The lowest BCUT2D eigenvalue weighted by molar-refractivity contribution is 0.0516. The molecule has 4 heteroatoms. The number of nitrogens with one attached hydrogen (secondary N) is 2. The third-order valence-electron chi connectivity index (χ3n) is 4.39. The van der Waals surface area contributed by atoms with Gasteiger partial charge in [0, 0.05) is 18.6 Å². The molecule has 0 heterocycles. The van der Waals surface area contributed by atoms with Crippen molar-refractivity contribution in [3.8, 4) is 0 Å². The van der Waals surface area contributed by atoms with E-state index in [0.717, 1.165) is 12.5 Å². The molecule has 1 amide bonds.